The zero-order valence-electron chi connectivity index (χ0n) is 9.95. The number of likely N-dealkylation sites (tertiary alicyclic amines) is 2. The average Bonchev–Trinajstić information content (AvgIpc) is 2.78. The number of rotatable bonds is 4. The average molecular weight is 291 g/mol. The van der Waals surface area contributed by atoms with Gasteiger partial charge in [-0.1, -0.05) is 22.4 Å². The lowest BCUT2D eigenvalue weighted by molar-refractivity contribution is 0.128. The van der Waals surface area contributed by atoms with Crippen LogP contribution in [0.15, 0.2) is 0 Å². The van der Waals surface area contributed by atoms with E-state index in [2.05, 4.69) is 25.7 Å². The number of aliphatic hydroxyl groups is 1. The first kappa shape index (κ1) is 12.8. The van der Waals surface area contributed by atoms with Gasteiger partial charge in [-0.25, -0.2) is 0 Å². The normalized spacial score (nSPS) is 30.8. The van der Waals surface area contributed by atoms with Crippen LogP contribution in [0.25, 0.3) is 0 Å². The molecule has 2 fully saturated rings. The Morgan fingerprint density at radius 3 is 2.62 bits per heavy atom. The summed E-state index contributed by atoms with van der Waals surface area (Å²) in [5, 5.41) is 10.3. The molecule has 0 bridgehead atoms. The summed E-state index contributed by atoms with van der Waals surface area (Å²) in [5.74, 6) is 0. The number of hydrogen-bond donors (Lipinski definition) is 1. The topological polar surface area (TPSA) is 26.7 Å². The molecule has 0 radical (unpaired) electrons. The highest BCUT2D eigenvalue weighted by atomic mass is 79.9. The van der Waals surface area contributed by atoms with Crippen LogP contribution < -0.4 is 0 Å². The van der Waals surface area contributed by atoms with Crippen LogP contribution in [0.5, 0.6) is 0 Å². The molecule has 0 aliphatic carbocycles. The zero-order valence-corrected chi connectivity index (χ0v) is 11.5. The van der Waals surface area contributed by atoms with Gasteiger partial charge in [0, 0.05) is 24.5 Å². The van der Waals surface area contributed by atoms with Crippen molar-refractivity contribution < 1.29 is 5.11 Å². The molecular formula is C12H23BrN2O. The smallest absolute Gasteiger partial charge is 0.0763 e. The molecule has 3 nitrogen and oxygen atoms in total. The molecule has 4 heteroatoms. The third-order valence-electron chi connectivity index (χ3n) is 3.80. The molecule has 0 aromatic carbocycles. The summed E-state index contributed by atoms with van der Waals surface area (Å²) in [5.41, 5.74) is 0. The SMILES string of the molecule is OC(CBr)CN1CCC(N2CCCCC2)C1. The van der Waals surface area contributed by atoms with Crippen molar-refractivity contribution in [1.82, 2.24) is 9.80 Å². The van der Waals surface area contributed by atoms with Crippen LogP contribution in [0.1, 0.15) is 25.7 Å². The third kappa shape index (κ3) is 3.42. The molecule has 0 spiro atoms. The highest BCUT2D eigenvalue weighted by Crippen LogP contribution is 2.20. The van der Waals surface area contributed by atoms with Gasteiger partial charge in [0.15, 0.2) is 0 Å². The van der Waals surface area contributed by atoms with E-state index in [1.807, 2.05) is 0 Å². The Morgan fingerprint density at radius 1 is 1.19 bits per heavy atom. The summed E-state index contributed by atoms with van der Waals surface area (Å²) in [6.45, 7) is 5.73. The summed E-state index contributed by atoms with van der Waals surface area (Å²) in [4.78, 5) is 5.06. The Morgan fingerprint density at radius 2 is 1.94 bits per heavy atom. The maximum atomic E-state index is 9.61. The van der Waals surface area contributed by atoms with Crippen LogP contribution in [0.4, 0.5) is 0 Å². The van der Waals surface area contributed by atoms with Crippen molar-refractivity contribution >= 4 is 15.9 Å². The molecule has 2 rings (SSSR count). The maximum absolute atomic E-state index is 9.61. The Kier molecular flexibility index (Phi) is 5.07. The molecule has 0 saturated carbocycles. The van der Waals surface area contributed by atoms with E-state index >= 15 is 0 Å². The second-order valence-electron chi connectivity index (χ2n) is 5.11. The molecule has 2 saturated heterocycles. The molecule has 2 heterocycles. The van der Waals surface area contributed by atoms with E-state index in [1.54, 1.807) is 0 Å². The molecule has 2 atom stereocenters. The van der Waals surface area contributed by atoms with Gasteiger partial charge in [0.25, 0.3) is 0 Å². The van der Waals surface area contributed by atoms with Gasteiger partial charge in [0.2, 0.25) is 0 Å². The number of halogens is 1. The molecule has 0 aromatic rings. The quantitative estimate of drug-likeness (QED) is 0.791. The van der Waals surface area contributed by atoms with Gasteiger partial charge in [-0.2, -0.15) is 0 Å². The summed E-state index contributed by atoms with van der Waals surface area (Å²) in [6, 6.07) is 0.753. The molecule has 0 aromatic heterocycles. The molecule has 16 heavy (non-hydrogen) atoms. The lowest BCUT2D eigenvalue weighted by Gasteiger charge is -2.32. The van der Waals surface area contributed by atoms with Gasteiger partial charge in [-0.3, -0.25) is 9.80 Å². The van der Waals surface area contributed by atoms with Crippen LogP contribution in [0.2, 0.25) is 0 Å². The Bertz CT molecular complexity index is 209. The monoisotopic (exact) mass is 290 g/mol. The number of aliphatic hydroxyl groups excluding tert-OH is 1. The van der Waals surface area contributed by atoms with Crippen molar-refractivity contribution in [1.29, 1.82) is 0 Å². The van der Waals surface area contributed by atoms with Gasteiger partial charge in [0.05, 0.1) is 6.10 Å². The fourth-order valence-corrected chi connectivity index (χ4v) is 3.11. The van der Waals surface area contributed by atoms with Crippen molar-refractivity contribution in [2.75, 3.05) is 38.1 Å². The van der Waals surface area contributed by atoms with Gasteiger partial charge in [-0.15, -0.1) is 0 Å². The third-order valence-corrected chi connectivity index (χ3v) is 4.55. The number of alkyl halides is 1. The predicted molar refractivity (Wildman–Crippen MR) is 70.1 cm³/mol. The summed E-state index contributed by atoms with van der Waals surface area (Å²) >= 11 is 3.33. The van der Waals surface area contributed by atoms with Crippen LogP contribution in [0, 0.1) is 0 Å². The van der Waals surface area contributed by atoms with E-state index in [-0.39, 0.29) is 6.10 Å². The molecule has 94 valence electrons. The van der Waals surface area contributed by atoms with E-state index in [1.165, 1.54) is 38.8 Å². The zero-order chi connectivity index (χ0) is 11.4. The first-order valence-corrected chi connectivity index (χ1v) is 7.62. The predicted octanol–water partition coefficient (Wildman–Crippen LogP) is 1.30. The van der Waals surface area contributed by atoms with E-state index in [0.717, 1.165) is 25.7 Å². The molecule has 0 amide bonds. The van der Waals surface area contributed by atoms with Crippen molar-refractivity contribution in [3.05, 3.63) is 0 Å². The Balaban J connectivity index is 1.74. The minimum Gasteiger partial charge on any atom is -0.391 e. The minimum absolute atomic E-state index is 0.208. The van der Waals surface area contributed by atoms with E-state index in [9.17, 15) is 5.11 Å². The number of nitrogens with zero attached hydrogens (tertiary/aromatic N) is 2. The van der Waals surface area contributed by atoms with Crippen molar-refractivity contribution in [3.8, 4) is 0 Å². The number of β-amino-alcohol motifs (C(OH)–C–C–N with tert-alkyl or cyclic N) is 1. The highest BCUT2D eigenvalue weighted by Gasteiger charge is 2.28. The van der Waals surface area contributed by atoms with Crippen molar-refractivity contribution in [2.45, 2.75) is 37.8 Å². The standard InChI is InChI=1S/C12H23BrN2O/c13-8-12(16)10-14-7-4-11(9-14)15-5-2-1-3-6-15/h11-12,16H,1-10H2. The minimum atomic E-state index is -0.208. The highest BCUT2D eigenvalue weighted by molar-refractivity contribution is 9.09. The summed E-state index contributed by atoms with van der Waals surface area (Å²) < 4.78 is 0. The first-order chi connectivity index (χ1) is 7.79. The molecule has 2 aliphatic heterocycles. The van der Waals surface area contributed by atoms with Gasteiger partial charge in [-0.05, 0) is 38.9 Å². The van der Waals surface area contributed by atoms with Crippen molar-refractivity contribution in [2.24, 2.45) is 0 Å². The maximum Gasteiger partial charge on any atom is 0.0763 e. The lowest BCUT2D eigenvalue weighted by Crippen LogP contribution is -2.41. The van der Waals surface area contributed by atoms with Crippen LogP contribution in [-0.4, -0.2) is 65.1 Å². The first-order valence-electron chi connectivity index (χ1n) is 6.50. The Hall–Kier alpha value is 0.360. The number of hydrogen-bond acceptors (Lipinski definition) is 3. The van der Waals surface area contributed by atoms with Crippen LogP contribution >= 0.6 is 15.9 Å². The summed E-state index contributed by atoms with van der Waals surface area (Å²) in [7, 11) is 0. The van der Waals surface area contributed by atoms with Crippen LogP contribution in [-0.2, 0) is 0 Å². The fourth-order valence-electron chi connectivity index (χ4n) is 2.91. The number of piperidine rings is 1. The molecule has 2 unspecified atom stereocenters. The molecule has 2 aliphatic rings. The largest absolute Gasteiger partial charge is 0.391 e. The van der Waals surface area contributed by atoms with Gasteiger partial charge in [0.1, 0.15) is 0 Å². The van der Waals surface area contributed by atoms with E-state index < -0.39 is 0 Å². The molecule has 1 N–H and O–H groups in total. The second-order valence-corrected chi connectivity index (χ2v) is 5.75. The van der Waals surface area contributed by atoms with Crippen molar-refractivity contribution in [3.63, 3.8) is 0 Å². The Labute approximate surface area is 107 Å². The lowest BCUT2D eigenvalue weighted by atomic mass is 10.1. The van der Waals surface area contributed by atoms with Gasteiger partial charge < -0.3 is 5.11 Å². The molecular weight excluding hydrogens is 268 g/mol. The van der Waals surface area contributed by atoms with Crippen LogP contribution in [0.3, 0.4) is 0 Å². The van der Waals surface area contributed by atoms with E-state index in [0.29, 0.717) is 5.33 Å². The second kappa shape index (κ2) is 6.34. The summed E-state index contributed by atoms with van der Waals surface area (Å²) in [6.07, 6.45) is 5.24. The van der Waals surface area contributed by atoms with E-state index in [4.69, 9.17) is 0 Å². The van der Waals surface area contributed by atoms with Gasteiger partial charge >= 0.3 is 0 Å². The fraction of sp³-hybridized carbons (Fsp3) is 1.00.